The van der Waals surface area contributed by atoms with Crippen molar-refractivity contribution in [3.63, 3.8) is 0 Å². The van der Waals surface area contributed by atoms with Gasteiger partial charge in [-0.1, -0.05) is 52.8 Å². The molecule has 0 aromatic heterocycles. The van der Waals surface area contributed by atoms with E-state index in [9.17, 15) is 0 Å². The Morgan fingerprint density at radius 2 is 1.81 bits per heavy atom. The lowest BCUT2D eigenvalue weighted by atomic mass is 10.1. The Hall–Kier alpha value is -0.120. The zero-order chi connectivity index (χ0) is 12.0. The topological polar surface area (TPSA) is 9.23 Å². The van der Waals surface area contributed by atoms with Crippen molar-refractivity contribution in [3.8, 4) is 0 Å². The molecule has 0 amide bonds. The van der Waals surface area contributed by atoms with Gasteiger partial charge in [0, 0.05) is 0 Å². The van der Waals surface area contributed by atoms with Crippen LogP contribution in [0, 0.1) is 0 Å². The van der Waals surface area contributed by atoms with Crippen LogP contribution in [0.15, 0.2) is 24.3 Å². The molecule has 0 heterocycles. The van der Waals surface area contributed by atoms with E-state index in [1.807, 2.05) is 0 Å². The van der Waals surface area contributed by atoms with Crippen LogP contribution >= 0.6 is 21.6 Å². The highest BCUT2D eigenvalue weighted by atomic mass is 33.1. The molecule has 0 saturated carbocycles. The summed E-state index contributed by atoms with van der Waals surface area (Å²) in [4.78, 5) is 0. The Kier molecular flexibility index (Phi) is 6.32. The molecule has 1 aromatic carbocycles. The van der Waals surface area contributed by atoms with Crippen LogP contribution < -0.4 is 0 Å². The van der Waals surface area contributed by atoms with Crippen molar-refractivity contribution < 1.29 is 4.74 Å². The van der Waals surface area contributed by atoms with Gasteiger partial charge >= 0.3 is 0 Å². The molecule has 0 radical (unpaired) electrons. The van der Waals surface area contributed by atoms with Crippen molar-refractivity contribution in [2.45, 2.75) is 38.7 Å². The number of rotatable bonds is 6. The van der Waals surface area contributed by atoms with Crippen LogP contribution in [0.2, 0.25) is 0 Å². The first-order chi connectivity index (χ1) is 7.67. The molecular weight excluding hydrogens is 236 g/mol. The number of ether oxygens (including phenoxy) is 1. The highest BCUT2D eigenvalue weighted by Crippen LogP contribution is 2.38. The fraction of sp³-hybridized carbons (Fsp3) is 0.538. The van der Waals surface area contributed by atoms with Crippen molar-refractivity contribution in [2.75, 3.05) is 6.26 Å². The fourth-order valence-corrected chi connectivity index (χ4v) is 3.11. The molecule has 1 unspecified atom stereocenters. The molecule has 1 atom stereocenters. The third kappa shape index (κ3) is 4.40. The summed E-state index contributed by atoms with van der Waals surface area (Å²) in [5.74, 6) is 0. The van der Waals surface area contributed by atoms with Gasteiger partial charge in [0.2, 0.25) is 0 Å². The first-order valence-corrected chi connectivity index (χ1v) is 8.23. The predicted molar refractivity (Wildman–Crippen MR) is 75.9 cm³/mol. The number of aryl methyl sites for hydroxylation is 1. The van der Waals surface area contributed by atoms with Gasteiger partial charge in [-0.15, -0.1) is 0 Å². The first kappa shape index (κ1) is 13.9. The average Bonchev–Trinajstić information content (AvgIpc) is 2.28. The second-order valence-electron chi connectivity index (χ2n) is 3.87. The zero-order valence-corrected chi connectivity index (χ0v) is 12.0. The van der Waals surface area contributed by atoms with Crippen LogP contribution in [-0.4, -0.2) is 12.4 Å². The van der Waals surface area contributed by atoms with Gasteiger partial charge in [0.05, 0.1) is 6.10 Å². The SMILES string of the molecule is CCc1ccc(C(OC(C)C)SSC)cc1. The van der Waals surface area contributed by atoms with Crippen LogP contribution in [0.25, 0.3) is 0 Å². The van der Waals surface area contributed by atoms with Gasteiger partial charge in [0.25, 0.3) is 0 Å². The van der Waals surface area contributed by atoms with Crippen molar-refractivity contribution in [1.82, 2.24) is 0 Å². The van der Waals surface area contributed by atoms with Crippen molar-refractivity contribution in [2.24, 2.45) is 0 Å². The Morgan fingerprint density at radius 1 is 1.19 bits per heavy atom. The molecule has 0 aliphatic carbocycles. The zero-order valence-electron chi connectivity index (χ0n) is 10.4. The molecular formula is C13H20OS2. The lowest BCUT2D eigenvalue weighted by Gasteiger charge is -2.19. The second-order valence-corrected chi connectivity index (χ2v) is 6.41. The van der Waals surface area contributed by atoms with E-state index in [-0.39, 0.29) is 11.5 Å². The molecule has 0 N–H and O–H groups in total. The predicted octanol–water partition coefficient (Wildman–Crippen LogP) is 4.68. The summed E-state index contributed by atoms with van der Waals surface area (Å²) in [6, 6.07) is 8.73. The minimum atomic E-state index is 0.140. The minimum Gasteiger partial charge on any atom is -0.359 e. The lowest BCUT2D eigenvalue weighted by Crippen LogP contribution is -2.07. The van der Waals surface area contributed by atoms with E-state index < -0.39 is 0 Å². The van der Waals surface area contributed by atoms with Crippen molar-refractivity contribution >= 4 is 21.6 Å². The van der Waals surface area contributed by atoms with E-state index >= 15 is 0 Å². The molecule has 0 fully saturated rings. The van der Waals surface area contributed by atoms with Crippen LogP contribution in [-0.2, 0) is 11.2 Å². The highest BCUT2D eigenvalue weighted by Gasteiger charge is 2.13. The highest BCUT2D eigenvalue weighted by molar-refractivity contribution is 8.76. The molecule has 16 heavy (non-hydrogen) atoms. The van der Waals surface area contributed by atoms with Crippen LogP contribution in [0.4, 0.5) is 0 Å². The largest absolute Gasteiger partial charge is 0.359 e. The van der Waals surface area contributed by atoms with E-state index in [4.69, 9.17) is 4.74 Å². The minimum absolute atomic E-state index is 0.140. The van der Waals surface area contributed by atoms with Gasteiger partial charge in [-0.05, 0) is 37.7 Å². The van der Waals surface area contributed by atoms with Crippen LogP contribution in [0.5, 0.6) is 0 Å². The third-order valence-corrected chi connectivity index (χ3v) is 4.09. The molecule has 1 aromatic rings. The normalized spacial score (nSPS) is 13.1. The Labute approximate surface area is 107 Å². The summed E-state index contributed by atoms with van der Waals surface area (Å²) in [5.41, 5.74) is 2.77. The van der Waals surface area contributed by atoms with Gasteiger partial charge < -0.3 is 4.74 Å². The molecule has 90 valence electrons. The van der Waals surface area contributed by atoms with Gasteiger partial charge in [-0.25, -0.2) is 0 Å². The maximum Gasteiger partial charge on any atom is 0.138 e. The Balaban J connectivity index is 2.75. The fourth-order valence-electron chi connectivity index (χ4n) is 1.40. The first-order valence-electron chi connectivity index (χ1n) is 5.61. The second kappa shape index (κ2) is 7.25. The maximum atomic E-state index is 5.89. The van der Waals surface area contributed by atoms with Crippen molar-refractivity contribution in [3.05, 3.63) is 35.4 Å². The maximum absolute atomic E-state index is 5.89. The molecule has 0 bridgehead atoms. The standard InChI is InChI=1S/C13H20OS2/c1-5-11-6-8-12(9-7-11)13(16-15-4)14-10(2)3/h6-10,13H,5H2,1-4H3. The van der Waals surface area contributed by atoms with Crippen molar-refractivity contribution in [1.29, 1.82) is 0 Å². The molecule has 0 aliphatic rings. The molecule has 1 rings (SSSR count). The summed E-state index contributed by atoms with van der Waals surface area (Å²) >= 11 is 0. The smallest absolute Gasteiger partial charge is 0.138 e. The number of hydrogen-bond acceptors (Lipinski definition) is 3. The summed E-state index contributed by atoms with van der Waals surface area (Å²) in [6.45, 7) is 6.33. The van der Waals surface area contributed by atoms with E-state index in [1.54, 1.807) is 21.6 Å². The Bertz CT molecular complexity index is 295. The molecule has 1 nitrogen and oxygen atoms in total. The number of hydrogen-bond donors (Lipinski definition) is 0. The van der Waals surface area contributed by atoms with Crippen LogP contribution in [0.1, 0.15) is 37.3 Å². The lowest BCUT2D eigenvalue weighted by molar-refractivity contribution is 0.0599. The van der Waals surface area contributed by atoms with Gasteiger partial charge in [-0.2, -0.15) is 0 Å². The van der Waals surface area contributed by atoms with Gasteiger partial charge in [0.1, 0.15) is 5.44 Å². The Morgan fingerprint density at radius 3 is 2.25 bits per heavy atom. The van der Waals surface area contributed by atoms with E-state index in [0.717, 1.165) is 6.42 Å². The summed E-state index contributed by atoms with van der Waals surface area (Å²) < 4.78 is 5.89. The monoisotopic (exact) mass is 256 g/mol. The molecule has 0 saturated heterocycles. The quantitative estimate of drug-likeness (QED) is 0.540. The summed E-state index contributed by atoms with van der Waals surface area (Å²) in [7, 11) is 3.51. The molecule has 0 aliphatic heterocycles. The van der Waals surface area contributed by atoms with Crippen LogP contribution in [0.3, 0.4) is 0 Å². The average molecular weight is 256 g/mol. The summed E-state index contributed by atoms with van der Waals surface area (Å²) in [5, 5.41) is 0. The number of benzene rings is 1. The third-order valence-electron chi connectivity index (χ3n) is 2.24. The van der Waals surface area contributed by atoms with Gasteiger partial charge in [0.15, 0.2) is 0 Å². The van der Waals surface area contributed by atoms with E-state index in [1.165, 1.54) is 11.1 Å². The summed E-state index contributed by atoms with van der Waals surface area (Å²) in [6.07, 6.45) is 3.43. The van der Waals surface area contributed by atoms with E-state index in [2.05, 4.69) is 51.3 Å². The molecule has 3 heteroatoms. The molecule has 0 spiro atoms. The van der Waals surface area contributed by atoms with E-state index in [0.29, 0.717) is 0 Å². The van der Waals surface area contributed by atoms with Gasteiger partial charge in [-0.3, -0.25) is 0 Å².